The van der Waals surface area contributed by atoms with Gasteiger partial charge in [-0.2, -0.15) is 0 Å². The summed E-state index contributed by atoms with van der Waals surface area (Å²) in [5.74, 6) is 0.152. The molecule has 10 rings (SSSR count). The second-order valence-corrected chi connectivity index (χ2v) is 24.6. The minimum Gasteiger partial charge on any atom is -0.494 e. The van der Waals surface area contributed by atoms with Crippen molar-refractivity contribution < 1.29 is 71.2 Å². The molecule has 0 aliphatic carbocycles. The molecule has 10 atom stereocenters. The Kier molecular flexibility index (Phi) is 29.6. The second kappa shape index (κ2) is 40.0. The molecule has 512 valence electrons. The molecule has 2 aliphatic heterocycles. The van der Waals surface area contributed by atoms with E-state index >= 15 is 0 Å². The van der Waals surface area contributed by atoms with E-state index in [4.69, 9.17) is 61.6 Å². The molecule has 0 bridgehead atoms. The van der Waals surface area contributed by atoms with Crippen molar-refractivity contribution in [3.8, 4) is 11.5 Å². The van der Waals surface area contributed by atoms with Gasteiger partial charge in [-0.1, -0.05) is 247 Å². The zero-order valence-corrected chi connectivity index (χ0v) is 56.0. The average Bonchev–Trinajstić information content (AvgIpc) is 0.821. The highest BCUT2D eigenvalue weighted by atomic mass is 16.8. The third kappa shape index (κ3) is 23.0. The van der Waals surface area contributed by atoms with Gasteiger partial charge in [0.2, 0.25) is 0 Å². The normalized spacial score (nSPS) is 20.8. The van der Waals surface area contributed by atoms with Gasteiger partial charge in [-0.05, 0) is 94.8 Å². The lowest BCUT2D eigenvalue weighted by molar-refractivity contribution is -0.393. The molecule has 2 aliphatic rings. The maximum Gasteiger partial charge on any atom is 0.338 e. The second-order valence-electron chi connectivity index (χ2n) is 24.6. The number of carbonyl (C=O) groups excluding carboxylic acids is 2. The molecular formula is C82H94O15. The molecule has 0 radical (unpaired) electrons. The molecule has 2 fully saturated rings. The third-order valence-electron chi connectivity index (χ3n) is 17.1. The molecule has 2 heterocycles. The van der Waals surface area contributed by atoms with Crippen LogP contribution in [0.1, 0.15) is 132 Å². The first-order valence-corrected chi connectivity index (χ1v) is 34.6. The van der Waals surface area contributed by atoms with E-state index in [-0.39, 0.29) is 52.9 Å². The van der Waals surface area contributed by atoms with Gasteiger partial charge in [0.25, 0.3) is 0 Å². The molecular weight excluding hydrogens is 1220 g/mol. The van der Waals surface area contributed by atoms with Crippen LogP contribution >= 0.6 is 0 Å². The molecule has 8 aromatic carbocycles. The summed E-state index contributed by atoms with van der Waals surface area (Å²) in [7, 11) is 0. The van der Waals surface area contributed by atoms with Gasteiger partial charge >= 0.3 is 11.9 Å². The molecule has 2 saturated heterocycles. The Morgan fingerprint density at radius 3 is 0.866 bits per heavy atom. The molecule has 0 amide bonds. The van der Waals surface area contributed by atoms with Crippen molar-refractivity contribution in [2.24, 2.45) is 0 Å². The summed E-state index contributed by atoms with van der Waals surface area (Å²) in [4.78, 5) is 28.7. The van der Waals surface area contributed by atoms with Gasteiger partial charge in [0, 0.05) is 0 Å². The lowest BCUT2D eigenvalue weighted by Gasteiger charge is -2.49. The average molecular weight is 1320 g/mol. The summed E-state index contributed by atoms with van der Waals surface area (Å²) in [6.45, 7) is 5.72. The largest absolute Gasteiger partial charge is 0.494 e. The summed E-state index contributed by atoms with van der Waals surface area (Å²) in [5, 5.41) is 0. The lowest BCUT2D eigenvalue weighted by atomic mass is 9.96. The van der Waals surface area contributed by atoms with Crippen LogP contribution in [0.4, 0.5) is 0 Å². The Balaban J connectivity index is 1.02. The van der Waals surface area contributed by atoms with Crippen LogP contribution in [-0.2, 0) is 91.7 Å². The number of esters is 2. The molecule has 0 N–H and O–H groups in total. The summed E-state index contributed by atoms with van der Waals surface area (Å²) >= 11 is 0. The molecule has 0 aromatic heterocycles. The molecule has 0 saturated carbocycles. The quantitative estimate of drug-likeness (QED) is 0.0264. The van der Waals surface area contributed by atoms with Crippen molar-refractivity contribution in [3.05, 3.63) is 275 Å². The fourth-order valence-corrected chi connectivity index (χ4v) is 11.8. The molecule has 8 aromatic rings. The maximum absolute atomic E-state index is 14.3. The highest BCUT2D eigenvalue weighted by molar-refractivity contribution is 5.90. The third-order valence-corrected chi connectivity index (χ3v) is 17.1. The first kappa shape index (κ1) is 71.7. The van der Waals surface area contributed by atoms with E-state index in [1.807, 2.05) is 182 Å². The van der Waals surface area contributed by atoms with E-state index in [1.165, 1.54) is 38.5 Å². The van der Waals surface area contributed by atoms with Crippen LogP contribution in [0, 0.1) is 0 Å². The summed E-state index contributed by atoms with van der Waals surface area (Å²) < 4.78 is 89.2. The topological polar surface area (TPSA) is 154 Å². The van der Waals surface area contributed by atoms with E-state index in [1.54, 1.807) is 48.5 Å². The van der Waals surface area contributed by atoms with Crippen molar-refractivity contribution in [3.63, 3.8) is 0 Å². The van der Waals surface area contributed by atoms with E-state index in [0.29, 0.717) is 35.8 Å². The Labute approximate surface area is 572 Å². The molecule has 0 unspecified atom stereocenters. The summed E-state index contributed by atoms with van der Waals surface area (Å²) in [5.41, 5.74) is 5.95. The number of hydrogen-bond donors (Lipinski definition) is 0. The highest BCUT2D eigenvalue weighted by Crippen LogP contribution is 2.37. The standard InChI is InChI=1S/C82H94O15/c1-3-5-7-9-29-51-85-69-47-43-67(44-48-69)79(83)93-59-71-73(87-53-61-31-17-11-18-32-61)75(89-55-63-35-21-13-22-36-63)77(91-57-65-39-25-15-26-40-65)81(95-71)97-82-78(92-58-66-41-27-16-28-42-66)76(90-56-64-37-23-14-24-38-64)74(88-54-62-33-19-12-20-34-62)72(96-82)60-94-80(84)68-45-49-70(50-46-68)86-52-30-10-8-6-4-2/h11-28,31-50,71-78,81-82H,3-10,29-30,51-60H2,1-2H3/t71-,72-,73-,74-,75+,76+,77-,78-,81-,82-/m1/s1. The van der Waals surface area contributed by atoms with Gasteiger partial charge in [-0.25, -0.2) is 9.59 Å². The zero-order valence-electron chi connectivity index (χ0n) is 56.0. The fourth-order valence-electron chi connectivity index (χ4n) is 11.8. The van der Waals surface area contributed by atoms with Crippen LogP contribution in [0.15, 0.2) is 231 Å². The Morgan fingerprint density at radius 2 is 0.577 bits per heavy atom. The zero-order chi connectivity index (χ0) is 66.9. The smallest absolute Gasteiger partial charge is 0.338 e. The molecule has 0 spiro atoms. The van der Waals surface area contributed by atoms with Crippen LogP contribution in [0.2, 0.25) is 0 Å². The van der Waals surface area contributed by atoms with Crippen molar-refractivity contribution in [1.82, 2.24) is 0 Å². The van der Waals surface area contributed by atoms with Crippen molar-refractivity contribution in [1.29, 1.82) is 0 Å². The Hall–Kier alpha value is -8.06. The van der Waals surface area contributed by atoms with Crippen molar-refractivity contribution in [2.45, 2.75) is 179 Å². The van der Waals surface area contributed by atoms with Gasteiger partial charge < -0.3 is 61.6 Å². The maximum atomic E-state index is 14.3. The number of hydrogen-bond acceptors (Lipinski definition) is 15. The monoisotopic (exact) mass is 1320 g/mol. The number of rotatable bonds is 40. The van der Waals surface area contributed by atoms with Gasteiger partial charge in [0.15, 0.2) is 12.6 Å². The van der Waals surface area contributed by atoms with Crippen LogP contribution < -0.4 is 9.47 Å². The van der Waals surface area contributed by atoms with E-state index < -0.39 is 73.4 Å². The van der Waals surface area contributed by atoms with Gasteiger partial charge in [0.1, 0.15) is 73.5 Å². The van der Waals surface area contributed by atoms with Gasteiger partial charge in [-0.15, -0.1) is 0 Å². The van der Waals surface area contributed by atoms with Crippen LogP contribution in [0.3, 0.4) is 0 Å². The minimum atomic E-state index is -1.37. The van der Waals surface area contributed by atoms with E-state index in [2.05, 4.69) is 13.8 Å². The van der Waals surface area contributed by atoms with E-state index in [9.17, 15) is 9.59 Å². The number of carbonyl (C=O) groups is 2. The Bertz CT molecular complexity index is 3210. The first-order chi connectivity index (χ1) is 47.9. The van der Waals surface area contributed by atoms with Crippen molar-refractivity contribution in [2.75, 3.05) is 26.4 Å². The Morgan fingerprint density at radius 1 is 0.309 bits per heavy atom. The van der Waals surface area contributed by atoms with Crippen LogP contribution in [0.25, 0.3) is 0 Å². The molecule has 97 heavy (non-hydrogen) atoms. The van der Waals surface area contributed by atoms with E-state index in [0.717, 1.165) is 59.1 Å². The number of unbranched alkanes of at least 4 members (excludes halogenated alkanes) is 8. The fraction of sp³-hybridized carbons (Fsp3) is 0.390. The predicted molar refractivity (Wildman–Crippen MR) is 370 cm³/mol. The summed E-state index contributed by atoms with van der Waals surface area (Å²) in [6.07, 6.45) is 0.347. The van der Waals surface area contributed by atoms with Crippen molar-refractivity contribution >= 4 is 11.9 Å². The number of benzene rings is 8. The first-order valence-electron chi connectivity index (χ1n) is 34.6. The predicted octanol–water partition coefficient (Wildman–Crippen LogP) is 16.4. The van der Waals surface area contributed by atoms with Gasteiger partial charge in [0.05, 0.1) is 64.0 Å². The van der Waals surface area contributed by atoms with Crippen LogP contribution in [-0.4, -0.2) is 99.8 Å². The SMILES string of the molecule is CCCCCCCOc1ccc(C(=O)OC[C@H]2O[C@H](O[C@H]3O[C@H](COC(=O)c4ccc(OCCCCCCC)cc4)[C@@H](OCc4ccccc4)[C@H](OCc4ccccc4)[C@H]3OCc3ccccc3)[C@H](OCc3ccccc3)[C@@H](OCc3ccccc3)[C@@H]2OCc2ccccc2)cc1. The molecule has 15 nitrogen and oxygen atoms in total. The molecule has 15 heteroatoms. The lowest BCUT2D eigenvalue weighted by Crippen LogP contribution is -2.66. The minimum absolute atomic E-state index is 0.103. The van der Waals surface area contributed by atoms with Crippen LogP contribution in [0.5, 0.6) is 11.5 Å². The van der Waals surface area contributed by atoms with Gasteiger partial charge in [-0.3, -0.25) is 0 Å². The summed E-state index contributed by atoms with van der Waals surface area (Å²) in [6, 6.07) is 72.8. The number of ether oxygens (including phenoxy) is 13. The highest BCUT2D eigenvalue weighted by Gasteiger charge is 2.55.